The van der Waals surface area contributed by atoms with E-state index in [1.54, 1.807) is 18.2 Å². The second kappa shape index (κ2) is 5.83. The first kappa shape index (κ1) is 13.4. The van der Waals surface area contributed by atoms with E-state index in [-0.39, 0.29) is 18.2 Å². The maximum absolute atomic E-state index is 13.5. The molecule has 2 aromatic carbocycles. The van der Waals surface area contributed by atoms with E-state index < -0.39 is 11.7 Å². The predicted molar refractivity (Wildman–Crippen MR) is 75.1 cm³/mol. The summed E-state index contributed by atoms with van der Waals surface area (Å²) in [4.78, 5) is 11.9. The standard InChI is InChI=1S/C16H14FNO3/c17-13-6-2-1-5-12(13)16(19)18-9-11-10-20-14-7-3-4-8-15(14)21-11/h1-8,11H,9-10H2,(H,18,19)/t11-/m0/s1. The number of para-hydroxylation sites is 2. The van der Waals surface area contributed by atoms with Crippen LogP contribution in [0.25, 0.3) is 0 Å². The molecule has 0 radical (unpaired) electrons. The van der Waals surface area contributed by atoms with Gasteiger partial charge in [-0.05, 0) is 24.3 Å². The van der Waals surface area contributed by atoms with Gasteiger partial charge in [0.25, 0.3) is 5.91 Å². The Balaban J connectivity index is 1.59. The Hall–Kier alpha value is -2.56. The summed E-state index contributed by atoms with van der Waals surface area (Å²) >= 11 is 0. The lowest BCUT2D eigenvalue weighted by atomic mass is 10.2. The largest absolute Gasteiger partial charge is 0.486 e. The van der Waals surface area contributed by atoms with Crippen molar-refractivity contribution >= 4 is 5.91 Å². The maximum atomic E-state index is 13.5. The highest BCUT2D eigenvalue weighted by Gasteiger charge is 2.21. The summed E-state index contributed by atoms with van der Waals surface area (Å²) < 4.78 is 24.7. The number of benzene rings is 2. The molecule has 5 heteroatoms. The predicted octanol–water partition coefficient (Wildman–Crippen LogP) is 2.40. The Morgan fingerprint density at radius 3 is 2.67 bits per heavy atom. The van der Waals surface area contributed by atoms with Gasteiger partial charge in [-0.3, -0.25) is 4.79 Å². The van der Waals surface area contributed by atoms with Gasteiger partial charge in [0, 0.05) is 0 Å². The topological polar surface area (TPSA) is 47.6 Å². The van der Waals surface area contributed by atoms with Crippen LogP contribution in [0.5, 0.6) is 11.5 Å². The van der Waals surface area contributed by atoms with Gasteiger partial charge in [0.05, 0.1) is 12.1 Å². The first-order valence-corrected chi connectivity index (χ1v) is 6.65. The lowest BCUT2D eigenvalue weighted by Gasteiger charge is -2.26. The molecular formula is C16H14FNO3. The smallest absolute Gasteiger partial charge is 0.254 e. The fourth-order valence-corrected chi connectivity index (χ4v) is 2.11. The van der Waals surface area contributed by atoms with Crippen molar-refractivity contribution in [1.82, 2.24) is 5.32 Å². The van der Waals surface area contributed by atoms with E-state index in [9.17, 15) is 9.18 Å². The summed E-state index contributed by atoms with van der Waals surface area (Å²) in [6.45, 7) is 0.593. The first-order chi connectivity index (χ1) is 10.2. The Morgan fingerprint density at radius 1 is 1.14 bits per heavy atom. The van der Waals surface area contributed by atoms with Crippen LogP contribution in [-0.4, -0.2) is 25.2 Å². The summed E-state index contributed by atoms with van der Waals surface area (Å²) in [5.41, 5.74) is 0.0228. The quantitative estimate of drug-likeness (QED) is 0.943. The molecule has 3 rings (SSSR count). The molecule has 21 heavy (non-hydrogen) atoms. The number of hydrogen-bond donors (Lipinski definition) is 1. The van der Waals surface area contributed by atoms with Crippen molar-refractivity contribution in [3.63, 3.8) is 0 Å². The van der Waals surface area contributed by atoms with Crippen molar-refractivity contribution in [2.24, 2.45) is 0 Å². The van der Waals surface area contributed by atoms with E-state index in [2.05, 4.69) is 5.32 Å². The average molecular weight is 287 g/mol. The number of amides is 1. The van der Waals surface area contributed by atoms with E-state index in [4.69, 9.17) is 9.47 Å². The monoisotopic (exact) mass is 287 g/mol. The number of halogens is 1. The maximum Gasteiger partial charge on any atom is 0.254 e. The molecule has 1 N–H and O–H groups in total. The fourth-order valence-electron chi connectivity index (χ4n) is 2.11. The highest BCUT2D eigenvalue weighted by atomic mass is 19.1. The minimum atomic E-state index is -0.541. The van der Waals surface area contributed by atoms with Crippen LogP contribution in [0, 0.1) is 5.82 Å². The lowest BCUT2D eigenvalue weighted by molar-refractivity contribution is 0.0787. The molecule has 0 saturated heterocycles. The van der Waals surface area contributed by atoms with Crippen molar-refractivity contribution in [1.29, 1.82) is 0 Å². The van der Waals surface area contributed by atoms with Crippen LogP contribution in [0.1, 0.15) is 10.4 Å². The molecule has 0 aromatic heterocycles. The highest BCUT2D eigenvalue weighted by Crippen LogP contribution is 2.30. The minimum Gasteiger partial charge on any atom is -0.486 e. The first-order valence-electron chi connectivity index (χ1n) is 6.65. The second-order valence-electron chi connectivity index (χ2n) is 4.69. The van der Waals surface area contributed by atoms with E-state index in [0.717, 1.165) is 0 Å². The number of hydrogen-bond acceptors (Lipinski definition) is 3. The highest BCUT2D eigenvalue weighted by molar-refractivity contribution is 5.94. The Morgan fingerprint density at radius 2 is 1.86 bits per heavy atom. The molecule has 0 spiro atoms. The van der Waals surface area contributed by atoms with E-state index in [1.807, 2.05) is 18.2 Å². The van der Waals surface area contributed by atoms with Crippen molar-refractivity contribution in [3.05, 3.63) is 59.9 Å². The van der Waals surface area contributed by atoms with Crippen molar-refractivity contribution in [2.75, 3.05) is 13.2 Å². The van der Waals surface area contributed by atoms with Gasteiger partial charge >= 0.3 is 0 Å². The van der Waals surface area contributed by atoms with Gasteiger partial charge in [0.2, 0.25) is 0 Å². The van der Waals surface area contributed by atoms with Gasteiger partial charge in [-0.15, -0.1) is 0 Å². The molecule has 0 saturated carbocycles. The van der Waals surface area contributed by atoms with Crippen LogP contribution in [0.2, 0.25) is 0 Å². The van der Waals surface area contributed by atoms with Gasteiger partial charge in [0.15, 0.2) is 11.5 Å². The number of nitrogens with one attached hydrogen (secondary N) is 1. The third kappa shape index (κ3) is 2.97. The van der Waals surface area contributed by atoms with Crippen LogP contribution >= 0.6 is 0 Å². The van der Waals surface area contributed by atoms with Crippen LogP contribution in [-0.2, 0) is 0 Å². The van der Waals surface area contributed by atoms with Crippen LogP contribution in [0.15, 0.2) is 48.5 Å². The Bertz CT molecular complexity index is 659. The second-order valence-corrected chi connectivity index (χ2v) is 4.69. The van der Waals surface area contributed by atoms with Crippen molar-refractivity contribution in [3.8, 4) is 11.5 Å². The van der Waals surface area contributed by atoms with Gasteiger partial charge < -0.3 is 14.8 Å². The molecule has 1 atom stereocenters. The number of carbonyl (C=O) groups is 1. The Kier molecular flexibility index (Phi) is 3.73. The van der Waals surface area contributed by atoms with E-state index >= 15 is 0 Å². The van der Waals surface area contributed by atoms with Gasteiger partial charge in [-0.1, -0.05) is 24.3 Å². The number of carbonyl (C=O) groups excluding carboxylic acids is 1. The fraction of sp³-hybridized carbons (Fsp3) is 0.188. The average Bonchev–Trinajstić information content (AvgIpc) is 2.53. The summed E-state index contributed by atoms with van der Waals surface area (Å²) in [6.07, 6.45) is -0.296. The van der Waals surface area contributed by atoms with E-state index in [1.165, 1.54) is 12.1 Å². The number of fused-ring (bicyclic) bond motifs is 1. The summed E-state index contributed by atoms with van der Waals surface area (Å²) in [5.74, 6) is 0.333. The van der Waals surface area contributed by atoms with Gasteiger partial charge in [-0.2, -0.15) is 0 Å². The SMILES string of the molecule is O=C(NC[C@H]1COc2ccccc2O1)c1ccccc1F. The van der Waals surface area contributed by atoms with Crippen LogP contribution in [0.3, 0.4) is 0 Å². The molecule has 4 nitrogen and oxygen atoms in total. The zero-order valence-corrected chi connectivity index (χ0v) is 11.2. The van der Waals surface area contributed by atoms with Crippen LogP contribution in [0.4, 0.5) is 4.39 Å². The zero-order valence-electron chi connectivity index (χ0n) is 11.2. The minimum absolute atomic E-state index is 0.0228. The number of rotatable bonds is 3. The molecule has 2 aromatic rings. The summed E-state index contributed by atoms with van der Waals surface area (Å²) in [6, 6.07) is 13.2. The molecule has 0 aliphatic carbocycles. The molecule has 1 aliphatic heterocycles. The molecule has 0 fully saturated rings. The van der Waals surface area contributed by atoms with Gasteiger partial charge in [0.1, 0.15) is 18.5 Å². The third-order valence-electron chi connectivity index (χ3n) is 3.18. The summed E-state index contributed by atoms with van der Waals surface area (Å²) in [5, 5.41) is 2.66. The lowest BCUT2D eigenvalue weighted by Crippen LogP contribution is -2.40. The van der Waals surface area contributed by atoms with Crippen molar-refractivity contribution in [2.45, 2.75) is 6.10 Å². The van der Waals surface area contributed by atoms with E-state index in [0.29, 0.717) is 18.1 Å². The third-order valence-corrected chi connectivity index (χ3v) is 3.18. The molecule has 0 bridgehead atoms. The van der Waals surface area contributed by atoms with Gasteiger partial charge in [-0.25, -0.2) is 4.39 Å². The summed E-state index contributed by atoms with van der Waals surface area (Å²) in [7, 11) is 0. The van der Waals surface area contributed by atoms with Crippen LogP contribution < -0.4 is 14.8 Å². The normalized spacial score (nSPS) is 16.3. The molecule has 0 unspecified atom stereocenters. The molecule has 1 heterocycles. The number of ether oxygens (including phenoxy) is 2. The molecular weight excluding hydrogens is 273 g/mol. The Labute approximate surface area is 121 Å². The zero-order chi connectivity index (χ0) is 14.7. The van der Waals surface area contributed by atoms with Crippen molar-refractivity contribution < 1.29 is 18.7 Å². The molecule has 1 aliphatic rings. The molecule has 1 amide bonds. The molecule has 108 valence electrons.